The van der Waals surface area contributed by atoms with Crippen LogP contribution in [-0.2, 0) is 22.8 Å². The van der Waals surface area contributed by atoms with Gasteiger partial charge in [-0.1, -0.05) is 18.5 Å². The van der Waals surface area contributed by atoms with Crippen molar-refractivity contribution < 1.29 is 32.1 Å². The SMILES string of the molecule is CC/C(NC=NC)=C(/C(=O)[N+](C)(N)CC(=O)Nc1ccc(C(F)(F)F)cc1Cl)N1CCN(C(=O)c2cn(C)[nH]c2=O)CC1. The van der Waals surface area contributed by atoms with E-state index in [0.29, 0.717) is 18.2 Å². The first kappa shape index (κ1) is 33.4. The van der Waals surface area contributed by atoms with E-state index >= 15 is 0 Å². The molecule has 3 amide bonds. The van der Waals surface area contributed by atoms with Gasteiger partial charge in [-0.05, 0) is 24.6 Å². The predicted octanol–water partition coefficient (Wildman–Crippen LogP) is 1.50. The number of hydrogen-bond acceptors (Lipinski definition) is 7. The average Bonchev–Trinajstić information content (AvgIpc) is 3.28. The van der Waals surface area contributed by atoms with Crippen LogP contribution in [0.2, 0.25) is 5.02 Å². The van der Waals surface area contributed by atoms with Crippen LogP contribution in [0.15, 0.2) is 45.6 Å². The largest absolute Gasteiger partial charge is 0.416 e. The molecule has 1 fully saturated rings. The molecule has 0 aliphatic carbocycles. The molecule has 234 valence electrons. The number of aliphatic imine (C=N–C) groups is 1. The fraction of sp³-hybridized carbons (Fsp3) is 0.423. The van der Waals surface area contributed by atoms with Crippen molar-refractivity contribution in [2.45, 2.75) is 19.5 Å². The first-order valence-corrected chi connectivity index (χ1v) is 13.5. The monoisotopic (exact) mass is 628 g/mol. The maximum atomic E-state index is 13.9. The highest BCUT2D eigenvalue weighted by molar-refractivity contribution is 6.33. The Labute approximate surface area is 250 Å². The number of carbonyl (C=O) groups is 3. The number of rotatable bonds is 9. The van der Waals surface area contributed by atoms with Gasteiger partial charge >= 0.3 is 12.1 Å². The number of halogens is 4. The maximum absolute atomic E-state index is 13.9. The smallest absolute Gasteiger partial charge is 0.359 e. The van der Waals surface area contributed by atoms with Crippen LogP contribution in [0.4, 0.5) is 18.9 Å². The molecule has 43 heavy (non-hydrogen) atoms. The van der Waals surface area contributed by atoms with Crippen LogP contribution in [-0.4, -0.2) is 95.1 Å². The zero-order valence-electron chi connectivity index (χ0n) is 24.1. The Bertz CT molecular complexity index is 1490. The van der Waals surface area contributed by atoms with E-state index in [1.807, 2.05) is 0 Å². The van der Waals surface area contributed by atoms with Gasteiger partial charge in [0.2, 0.25) is 0 Å². The van der Waals surface area contributed by atoms with E-state index < -0.39 is 46.2 Å². The number of nitrogens with two attached hydrogens (primary N) is 1. The summed E-state index contributed by atoms with van der Waals surface area (Å²) in [6, 6.07) is 2.48. The minimum atomic E-state index is -4.61. The number of amides is 3. The van der Waals surface area contributed by atoms with Gasteiger partial charge in [-0.15, -0.1) is 0 Å². The standard InChI is InChI=1S/C26H33ClF3N9O4/c1-5-19(33-15-32-2)22(37-8-10-38(11-9-37)24(42)17-13-36(3)35-23(17)41)25(43)39(4,31)14-21(40)34-20-7-6-16(12-18(20)27)26(28,29)30/h6-7,12-13,15H,5,8-11,14,31H2,1-4H3,(H2-,32,33,34,35,40,41,43)/p+1. The highest BCUT2D eigenvalue weighted by Gasteiger charge is 2.40. The number of aromatic nitrogens is 2. The summed E-state index contributed by atoms with van der Waals surface area (Å²) in [6.07, 6.45) is -1.44. The van der Waals surface area contributed by atoms with Crippen LogP contribution < -0.4 is 22.0 Å². The van der Waals surface area contributed by atoms with Crippen molar-refractivity contribution in [2.24, 2.45) is 17.9 Å². The lowest BCUT2D eigenvalue weighted by Crippen LogP contribution is -2.62. The number of alkyl halides is 3. The second-order valence-corrected chi connectivity index (χ2v) is 10.5. The van der Waals surface area contributed by atoms with Gasteiger partial charge in [-0.25, -0.2) is 4.79 Å². The number of hydrogen-bond donors (Lipinski definition) is 4. The van der Waals surface area contributed by atoms with E-state index in [1.165, 1.54) is 36.2 Å². The molecule has 1 aliphatic rings. The van der Waals surface area contributed by atoms with Gasteiger partial charge in [-0.2, -0.15) is 23.6 Å². The van der Waals surface area contributed by atoms with E-state index in [-0.39, 0.29) is 48.1 Å². The maximum Gasteiger partial charge on any atom is 0.416 e. The molecule has 3 rings (SSSR count). The molecule has 2 aromatic rings. The summed E-state index contributed by atoms with van der Waals surface area (Å²) in [5.41, 5.74) is -0.908. The van der Waals surface area contributed by atoms with E-state index in [9.17, 15) is 32.3 Å². The molecule has 1 aliphatic heterocycles. The van der Waals surface area contributed by atoms with Crippen molar-refractivity contribution in [1.82, 2.24) is 24.9 Å². The van der Waals surface area contributed by atoms with Crippen LogP contribution in [0.1, 0.15) is 29.3 Å². The number of benzene rings is 1. The number of carbonyl (C=O) groups excluding carboxylic acids is 3. The molecule has 17 heteroatoms. The van der Waals surface area contributed by atoms with Crippen molar-refractivity contribution in [3.8, 4) is 0 Å². The zero-order valence-corrected chi connectivity index (χ0v) is 24.8. The Hall–Kier alpha value is -4.15. The molecule has 0 saturated carbocycles. The molecule has 0 radical (unpaired) electrons. The molecule has 1 aromatic heterocycles. The summed E-state index contributed by atoms with van der Waals surface area (Å²) in [7, 11) is 4.45. The van der Waals surface area contributed by atoms with Gasteiger partial charge < -0.3 is 20.4 Å². The number of aromatic amines is 1. The van der Waals surface area contributed by atoms with Crippen molar-refractivity contribution in [3.05, 3.63) is 62.3 Å². The summed E-state index contributed by atoms with van der Waals surface area (Å²) in [4.78, 5) is 59.0. The summed E-state index contributed by atoms with van der Waals surface area (Å²) in [5, 5.41) is 7.56. The quantitative estimate of drug-likeness (QED) is 0.0623. The van der Waals surface area contributed by atoms with Gasteiger partial charge in [0.25, 0.3) is 17.4 Å². The third-order valence-corrected chi connectivity index (χ3v) is 6.99. The van der Waals surface area contributed by atoms with Crippen molar-refractivity contribution in [3.63, 3.8) is 0 Å². The van der Waals surface area contributed by atoms with Crippen LogP contribution in [0, 0.1) is 0 Å². The number of nitrogens with zero attached hydrogens (tertiary/aromatic N) is 5. The van der Waals surface area contributed by atoms with Crippen LogP contribution in [0.5, 0.6) is 0 Å². The molecule has 1 saturated heterocycles. The summed E-state index contributed by atoms with van der Waals surface area (Å²) >= 11 is 5.96. The first-order valence-electron chi connectivity index (χ1n) is 13.1. The van der Waals surface area contributed by atoms with Crippen molar-refractivity contribution in [2.75, 3.05) is 52.1 Å². The Morgan fingerprint density at radius 3 is 2.33 bits per heavy atom. The van der Waals surface area contributed by atoms with Crippen LogP contribution >= 0.6 is 11.6 Å². The minimum absolute atomic E-state index is 0.00299. The third-order valence-electron chi connectivity index (χ3n) is 6.68. The van der Waals surface area contributed by atoms with E-state index in [1.54, 1.807) is 18.9 Å². The lowest BCUT2D eigenvalue weighted by atomic mass is 10.1. The number of piperazine rings is 1. The number of likely N-dealkylation sites (N-methyl/N-ethyl adjacent to an activating group) is 1. The Kier molecular flexibility index (Phi) is 10.4. The lowest BCUT2D eigenvalue weighted by molar-refractivity contribution is -0.836. The molecule has 1 unspecified atom stereocenters. The Morgan fingerprint density at radius 2 is 1.81 bits per heavy atom. The number of aryl methyl sites for hydroxylation is 1. The van der Waals surface area contributed by atoms with Crippen LogP contribution in [0.3, 0.4) is 0 Å². The molecular weight excluding hydrogens is 595 g/mol. The lowest BCUT2D eigenvalue weighted by Gasteiger charge is -2.38. The fourth-order valence-electron chi connectivity index (χ4n) is 4.49. The second-order valence-electron chi connectivity index (χ2n) is 10.1. The minimum Gasteiger partial charge on any atom is -0.359 e. The molecule has 5 N–H and O–H groups in total. The molecule has 1 aromatic carbocycles. The zero-order chi connectivity index (χ0) is 32.1. The number of quaternary nitrogens is 1. The summed E-state index contributed by atoms with van der Waals surface area (Å²) in [5.74, 6) is 4.51. The average molecular weight is 629 g/mol. The molecular formula is C26H34ClF3N9O4+. The van der Waals surface area contributed by atoms with Crippen molar-refractivity contribution >= 4 is 41.3 Å². The highest BCUT2D eigenvalue weighted by atomic mass is 35.5. The van der Waals surface area contributed by atoms with Crippen LogP contribution in [0.25, 0.3) is 0 Å². The van der Waals surface area contributed by atoms with Gasteiger partial charge in [0.1, 0.15) is 5.56 Å². The topological polar surface area (TPSA) is 158 Å². The third kappa shape index (κ3) is 8.03. The van der Waals surface area contributed by atoms with E-state index in [0.717, 1.165) is 12.1 Å². The Balaban J connectivity index is 1.80. The number of allylic oxidation sites excluding steroid dienone is 1. The number of anilines is 1. The van der Waals surface area contributed by atoms with Gasteiger partial charge in [0.05, 0.1) is 29.7 Å². The molecule has 1 atom stereocenters. The number of H-pyrrole nitrogens is 1. The molecule has 0 bridgehead atoms. The van der Waals surface area contributed by atoms with Crippen molar-refractivity contribution in [1.29, 1.82) is 0 Å². The van der Waals surface area contributed by atoms with E-state index in [2.05, 4.69) is 20.7 Å². The Morgan fingerprint density at radius 1 is 1.19 bits per heavy atom. The fourth-order valence-corrected chi connectivity index (χ4v) is 4.72. The molecule has 0 spiro atoms. The summed E-state index contributed by atoms with van der Waals surface area (Å²) < 4.78 is 39.4. The normalized spacial score (nSPS) is 16.1. The van der Waals surface area contributed by atoms with Gasteiger partial charge in [0, 0.05) is 52.2 Å². The predicted molar refractivity (Wildman–Crippen MR) is 154 cm³/mol. The van der Waals surface area contributed by atoms with Gasteiger partial charge in [-0.3, -0.25) is 29.2 Å². The first-order chi connectivity index (χ1) is 20.1. The number of nitrogens with one attached hydrogen (secondary N) is 3. The van der Waals surface area contributed by atoms with Gasteiger partial charge in [0.15, 0.2) is 12.2 Å². The van der Waals surface area contributed by atoms with E-state index in [4.69, 9.17) is 17.4 Å². The highest BCUT2D eigenvalue weighted by Crippen LogP contribution is 2.33. The molecule has 13 nitrogen and oxygen atoms in total. The molecule has 2 heterocycles. The summed E-state index contributed by atoms with van der Waals surface area (Å²) in [6.45, 7) is 2.07. The second kappa shape index (κ2) is 13.4.